The van der Waals surface area contributed by atoms with Crippen molar-refractivity contribution in [3.63, 3.8) is 0 Å². The van der Waals surface area contributed by atoms with Gasteiger partial charge in [0.15, 0.2) is 0 Å². The van der Waals surface area contributed by atoms with Gasteiger partial charge >= 0.3 is 0 Å². The maximum atomic E-state index is 8.96. The van der Waals surface area contributed by atoms with E-state index in [-0.39, 0.29) is 45.2 Å². The van der Waals surface area contributed by atoms with E-state index in [1.165, 1.54) is 7.05 Å². The Kier molecular flexibility index (Phi) is 13.2. The number of rotatable bonds is 3. The Morgan fingerprint density at radius 1 is 1.53 bits per heavy atom. The van der Waals surface area contributed by atoms with Gasteiger partial charge in [0.05, 0.1) is 0 Å². The molecule has 0 fully saturated rings. The molecular formula is C11H16ClNOY-2. The summed E-state index contributed by atoms with van der Waals surface area (Å²) in [5.41, 5.74) is 5.47. The molecule has 0 aliphatic heterocycles. The molecule has 1 rings (SSSR count). The minimum absolute atomic E-state index is 0. The van der Waals surface area contributed by atoms with Gasteiger partial charge in [-0.15, -0.1) is 0 Å². The zero-order valence-electron chi connectivity index (χ0n) is 8.91. The molecule has 0 aromatic heterocycles. The van der Waals surface area contributed by atoms with Crippen molar-refractivity contribution in [2.75, 3.05) is 13.7 Å². The summed E-state index contributed by atoms with van der Waals surface area (Å²) in [6.07, 6.45) is 0.675. The molecule has 1 atom stereocenters. The second-order valence-corrected chi connectivity index (χ2v) is 3.07. The van der Waals surface area contributed by atoms with Crippen LogP contribution >= 0.6 is 11.6 Å². The van der Waals surface area contributed by atoms with E-state index in [9.17, 15) is 0 Å². The van der Waals surface area contributed by atoms with Crippen LogP contribution in [-0.4, -0.2) is 18.8 Å². The zero-order valence-corrected chi connectivity index (χ0v) is 12.5. The molecule has 1 aromatic rings. The average Bonchev–Trinajstić information content (AvgIpc) is 2.25. The topological polar surface area (TPSA) is 46.2 Å². The molecule has 1 unspecified atom stereocenters. The SMILES string of the molecule is CN.[CH2-]CC(CO)c1[c-]cc(Cl)cc1.[Y]. The Balaban J connectivity index is 0. The molecule has 15 heavy (non-hydrogen) atoms. The number of benzene rings is 1. The fraction of sp³-hybridized carbons (Fsp3) is 0.364. The Bertz CT molecular complexity index is 237. The van der Waals surface area contributed by atoms with Crippen LogP contribution in [0.1, 0.15) is 17.9 Å². The first-order valence-corrected chi connectivity index (χ1v) is 4.80. The minimum Gasteiger partial charge on any atom is -0.396 e. The molecule has 1 aromatic carbocycles. The fourth-order valence-corrected chi connectivity index (χ4v) is 1.13. The van der Waals surface area contributed by atoms with E-state index < -0.39 is 0 Å². The number of aliphatic hydroxyl groups excluding tert-OH is 1. The third kappa shape index (κ3) is 6.65. The minimum atomic E-state index is 0. The predicted molar refractivity (Wildman–Crippen MR) is 60.2 cm³/mol. The molecule has 0 aliphatic rings. The van der Waals surface area contributed by atoms with Crippen LogP contribution < -0.4 is 5.73 Å². The Morgan fingerprint density at radius 2 is 2.13 bits per heavy atom. The summed E-state index contributed by atoms with van der Waals surface area (Å²) in [6.45, 7) is 3.86. The summed E-state index contributed by atoms with van der Waals surface area (Å²) in [6, 6.07) is 8.38. The van der Waals surface area contributed by atoms with Crippen molar-refractivity contribution in [2.24, 2.45) is 5.73 Å². The summed E-state index contributed by atoms with van der Waals surface area (Å²) in [5.74, 6) is 0.0854. The van der Waals surface area contributed by atoms with Crippen LogP contribution in [0.2, 0.25) is 5.02 Å². The average molecular weight is 303 g/mol. The molecule has 0 amide bonds. The second kappa shape index (κ2) is 11.0. The third-order valence-corrected chi connectivity index (χ3v) is 2.04. The maximum Gasteiger partial charge on any atom is 0.0455 e. The van der Waals surface area contributed by atoms with Crippen LogP contribution in [0.15, 0.2) is 18.2 Å². The Hall–Kier alpha value is 0.534. The van der Waals surface area contributed by atoms with Crippen LogP contribution in [0.25, 0.3) is 0 Å². The zero-order chi connectivity index (χ0) is 11.0. The molecule has 0 spiro atoms. The largest absolute Gasteiger partial charge is 0.396 e. The normalized spacial score (nSPS) is 10.7. The van der Waals surface area contributed by atoms with Crippen LogP contribution in [-0.2, 0) is 32.7 Å². The maximum absolute atomic E-state index is 8.96. The monoisotopic (exact) mass is 302 g/mol. The van der Waals surface area contributed by atoms with Gasteiger partial charge in [0.25, 0.3) is 0 Å². The third-order valence-electron chi connectivity index (χ3n) is 1.81. The predicted octanol–water partition coefficient (Wildman–Crippen LogP) is 2.01. The molecule has 2 nitrogen and oxygen atoms in total. The summed E-state index contributed by atoms with van der Waals surface area (Å²) in [5, 5.41) is 9.62. The van der Waals surface area contributed by atoms with Crippen molar-refractivity contribution in [2.45, 2.75) is 12.3 Å². The summed E-state index contributed by atoms with van der Waals surface area (Å²) >= 11 is 5.69. The number of halogens is 1. The number of aliphatic hydroxyl groups is 1. The first-order chi connectivity index (χ1) is 6.77. The number of hydrogen-bond acceptors (Lipinski definition) is 2. The van der Waals surface area contributed by atoms with E-state index in [2.05, 4.69) is 18.7 Å². The Labute approximate surface area is 122 Å². The molecule has 3 N–H and O–H groups in total. The molecule has 0 saturated heterocycles. The van der Waals surface area contributed by atoms with E-state index >= 15 is 0 Å². The first kappa shape index (κ1) is 17.9. The van der Waals surface area contributed by atoms with Gasteiger partial charge in [-0.3, -0.25) is 0 Å². The Morgan fingerprint density at radius 3 is 2.47 bits per heavy atom. The van der Waals surface area contributed by atoms with E-state index in [1.54, 1.807) is 12.1 Å². The van der Waals surface area contributed by atoms with Crippen molar-refractivity contribution in [1.82, 2.24) is 0 Å². The quantitative estimate of drug-likeness (QED) is 0.839. The molecule has 0 heterocycles. The molecular weight excluding hydrogens is 286 g/mol. The van der Waals surface area contributed by atoms with Gasteiger partial charge in [-0.25, -0.2) is 0 Å². The molecule has 0 aliphatic carbocycles. The summed E-state index contributed by atoms with van der Waals surface area (Å²) < 4.78 is 0. The van der Waals surface area contributed by atoms with Gasteiger partial charge in [0, 0.05) is 39.3 Å². The van der Waals surface area contributed by atoms with E-state index in [0.717, 1.165) is 5.56 Å². The summed E-state index contributed by atoms with van der Waals surface area (Å²) in [7, 11) is 1.50. The van der Waals surface area contributed by atoms with Gasteiger partial charge in [-0.1, -0.05) is 5.02 Å². The van der Waals surface area contributed by atoms with Crippen molar-refractivity contribution < 1.29 is 37.8 Å². The van der Waals surface area contributed by atoms with Crippen LogP contribution in [0, 0.1) is 13.0 Å². The van der Waals surface area contributed by atoms with E-state index in [4.69, 9.17) is 16.7 Å². The van der Waals surface area contributed by atoms with Gasteiger partial charge in [0.2, 0.25) is 0 Å². The van der Waals surface area contributed by atoms with Crippen molar-refractivity contribution in [1.29, 1.82) is 0 Å². The molecule has 0 saturated carbocycles. The standard InChI is InChI=1S/C10H11ClO.CH5N.Y/c1-2-8(7-12)9-3-5-10(11)6-4-9;1-2;/h3,5-6,8,12H,1-2,7H2;2H2,1H3;/q-2;;. The number of nitrogens with two attached hydrogens (primary N) is 1. The van der Waals surface area contributed by atoms with Crippen LogP contribution in [0.3, 0.4) is 0 Å². The van der Waals surface area contributed by atoms with Crippen molar-refractivity contribution in [3.05, 3.63) is 41.8 Å². The van der Waals surface area contributed by atoms with Gasteiger partial charge in [0.1, 0.15) is 0 Å². The fourth-order valence-electron chi connectivity index (χ4n) is 1.02. The molecule has 83 valence electrons. The van der Waals surface area contributed by atoms with Crippen molar-refractivity contribution in [3.8, 4) is 0 Å². The summed E-state index contributed by atoms with van der Waals surface area (Å²) in [4.78, 5) is 0. The van der Waals surface area contributed by atoms with Crippen LogP contribution in [0.5, 0.6) is 0 Å². The van der Waals surface area contributed by atoms with Gasteiger partial charge < -0.3 is 17.8 Å². The van der Waals surface area contributed by atoms with Crippen LogP contribution in [0.4, 0.5) is 0 Å². The van der Waals surface area contributed by atoms with E-state index in [1.807, 2.05) is 6.07 Å². The smallest absolute Gasteiger partial charge is 0.0455 e. The molecule has 1 radical (unpaired) electrons. The van der Waals surface area contributed by atoms with Gasteiger partial charge in [-0.05, 0) is 13.0 Å². The van der Waals surface area contributed by atoms with Crippen molar-refractivity contribution >= 4 is 11.6 Å². The van der Waals surface area contributed by atoms with E-state index in [0.29, 0.717) is 11.4 Å². The second-order valence-electron chi connectivity index (χ2n) is 2.63. The molecule has 0 bridgehead atoms. The van der Waals surface area contributed by atoms with Gasteiger partial charge in [-0.2, -0.15) is 47.9 Å². The molecule has 4 heteroatoms. The first-order valence-electron chi connectivity index (χ1n) is 4.43. The number of hydrogen-bond donors (Lipinski definition) is 2.